The van der Waals surface area contributed by atoms with Crippen LogP contribution in [0.5, 0.6) is 5.75 Å². The molecule has 0 spiro atoms. The van der Waals surface area contributed by atoms with Crippen molar-refractivity contribution in [2.24, 2.45) is 11.1 Å². The lowest BCUT2D eigenvalue weighted by atomic mass is 9.98. The van der Waals surface area contributed by atoms with Crippen LogP contribution in [0.1, 0.15) is 36.5 Å². The molecule has 0 radical (unpaired) electrons. The number of benzene rings is 1. The van der Waals surface area contributed by atoms with Crippen LogP contribution in [0.25, 0.3) is 0 Å². The van der Waals surface area contributed by atoms with E-state index in [2.05, 4.69) is 39.8 Å². The summed E-state index contributed by atoms with van der Waals surface area (Å²) >= 11 is 0. The van der Waals surface area contributed by atoms with E-state index in [1.54, 1.807) is 7.11 Å². The van der Waals surface area contributed by atoms with E-state index in [0.717, 1.165) is 5.75 Å². The fourth-order valence-corrected chi connectivity index (χ4v) is 2.50. The molecule has 0 aliphatic heterocycles. The van der Waals surface area contributed by atoms with Gasteiger partial charge in [0.25, 0.3) is 0 Å². The molecule has 2 rings (SSSR count). The Balaban J connectivity index is 2.46. The van der Waals surface area contributed by atoms with E-state index in [-0.39, 0.29) is 11.5 Å². The Kier molecular flexibility index (Phi) is 2.50. The zero-order chi connectivity index (χ0) is 12.1. The molecule has 2 atom stereocenters. The van der Waals surface area contributed by atoms with E-state index < -0.39 is 0 Å². The highest BCUT2D eigenvalue weighted by Crippen LogP contribution is 2.59. The SMILES string of the molecule is COc1cc(C)c(C)cc1C1C(N)C1(C)C. The smallest absolute Gasteiger partial charge is 0.122 e. The first kappa shape index (κ1) is 11.5. The Morgan fingerprint density at radius 1 is 1.19 bits per heavy atom. The number of ether oxygens (including phenoxy) is 1. The van der Waals surface area contributed by atoms with Gasteiger partial charge < -0.3 is 10.5 Å². The normalized spacial score (nSPS) is 26.6. The van der Waals surface area contributed by atoms with Gasteiger partial charge in [-0.2, -0.15) is 0 Å². The van der Waals surface area contributed by atoms with Crippen molar-refractivity contribution in [3.05, 3.63) is 28.8 Å². The molecule has 0 aromatic heterocycles. The number of nitrogens with two attached hydrogens (primary N) is 1. The molecule has 1 aromatic rings. The van der Waals surface area contributed by atoms with Crippen molar-refractivity contribution >= 4 is 0 Å². The van der Waals surface area contributed by atoms with Gasteiger partial charge in [0.05, 0.1) is 7.11 Å². The fourth-order valence-electron chi connectivity index (χ4n) is 2.50. The van der Waals surface area contributed by atoms with Gasteiger partial charge in [0.2, 0.25) is 0 Å². The molecule has 1 aromatic carbocycles. The van der Waals surface area contributed by atoms with Crippen molar-refractivity contribution in [3.8, 4) is 5.75 Å². The summed E-state index contributed by atoms with van der Waals surface area (Å²) in [5, 5.41) is 0. The topological polar surface area (TPSA) is 35.2 Å². The molecule has 1 aliphatic carbocycles. The Morgan fingerprint density at radius 3 is 2.12 bits per heavy atom. The summed E-state index contributed by atoms with van der Waals surface area (Å²) in [6, 6.07) is 4.60. The first-order valence-electron chi connectivity index (χ1n) is 5.80. The van der Waals surface area contributed by atoms with Crippen LogP contribution in [0.3, 0.4) is 0 Å². The molecule has 2 nitrogen and oxygen atoms in total. The van der Waals surface area contributed by atoms with Crippen LogP contribution in [0, 0.1) is 19.3 Å². The van der Waals surface area contributed by atoms with E-state index in [1.165, 1.54) is 16.7 Å². The molecule has 2 N–H and O–H groups in total. The van der Waals surface area contributed by atoms with Gasteiger partial charge in [-0.05, 0) is 42.0 Å². The van der Waals surface area contributed by atoms with Gasteiger partial charge in [-0.1, -0.05) is 19.9 Å². The average molecular weight is 219 g/mol. The van der Waals surface area contributed by atoms with Crippen molar-refractivity contribution < 1.29 is 4.74 Å². The molecule has 0 saturated heterocycles. The van der Waals surface area contributed by atoms with Gasteiger partial charge in [0.15, 0.2) is 0 Å². The Labute approximate surface area is 97.8 Å². The zero-order valence-corrected chi connectivity index (χ0v) is 10.8. The van der Waals surface area contributed by atoms with Crippen molar-refractivity contribution in [2.45, 2.75) is 39.7 Å². The minimum absolute atomic E-state index is 0.203. The highest BCUT2D eigenvalue weighted by Gasteiger charge is 2.57. The van der Waals surface area contributed by atoms with E-state index in [1.807, 2.05) is 0 Å². The lowest BCUT2D eigenvalue weighted by Gasteiger charge is -2.12. The van der Waals surface area contributed by atoms with E-state index in [4.69, 9.17) is 10.5 Å². The second kappa shape index (κ2) is 3.49. The molecule has 1 aliphatic rings. The van der Waals surface area contributed by atoms with Crippen LogP contribution < -0.4 is 10.5 Å². The van der Waals surface area contributed by atoms with Gasteiger partial charge in [-0.15, -0.1) is 0 Å². The molecule has 16 heavy (non-hydrogen) atoms. The van der Waals surface area contributed by atoms with Crippen LogP contribution in [0.4, 0.5) is 0 Å². The Hall–Kier alpha value is -1.02. The van der Waals surface area contributed by atoms with Crippen molar-refractivity contribution in [1.82, 2.24) is 0 Å². The van der Waals surface area contributed by atoms with E-state index in [0.29, 0.717) is 5.92 Å². The summed E-state index contributed by atoms with van der Waals surface area (Å²) in [6.07, 6.45) is 0. The van der Waals surface area contributed by atoms with Gasteiger partial charge in [0.1, 0.15) is 5.75 Å². The highest BCUT2D eigenvalue weighted by molar-refractivity contribution is 5.48. The number of aryl methyl sites for hydroxylation is 2. The summed E-state index contributed by atoms with van der Waals surface area (Å²) in [5.41, 5.74) is 10.2. The predicted molar refractivity (Wildman–Crippen MR) is 67.0 cm³/mol. The minimum Gasteiger partial charge on any atom is -0.496 e. The summed E-state index contributed by atoms with van der Waals surface area (Å²) in [4.78, 5) is 0. The van der Waals surface area contributed by atoms with Crippen molar-refractivity contribution in [1.29, 1.82) is 0 Å². The standard InChI is InChI=1S/C14H21NO/c1-8-6-10(11(16-5)7-9(8)2)12-13(15)14(12,3)4/h6-7,12-13H,15H2,1-5H3. The maximum absolute atomic E-state index is 6.13. The number of rotatable bonds is 2. The lowest BCUT2D eigenvalue weighted by Crippen LogP contribution is -2.06. The third-order valence-electron chi connectivity index (χ3n) is 4.09. The Bertz CT molecular complexity index is 423. The monoisotopic (exact) mass is 219 g/mol. The van der Waals surface area contributed by atoms with Gasteiger partial charge in [0, 0.05) is 12.0 Å². The van der Waals surface area contributed by atoms with Crippen molar-refractivity contribution in [3.63, 3.8) is 0 Å². The van der Waals surface area contributed by atoms with Gasteiger partial charge in [-0.25, -0.2) is 0 Å². The quantitative estimate of drug-likeness (QED) is 0.830. The van der Waals surface area contributed by atoms with Crippen LogP contribution in [0.2, 0.25) is 0 Å². The number of hydrogen-bond acceptors (Lipinski definition) is 2. The third-order valence-corrected chi connectivity index (χ3v) is 4.09. The largest absolute Gasteiger partial charge is 0.496 e. The van der Waals surface area contributed by atoms with E-state index >= 15 is 0 Å². The molecular formula is C14H21NO. The lowest BCUT2D eigenvalue weighted by molar-refractivity contribution is 0.407. The molecule has 88 valence electrons. The second-order valence-corrected chi connectivity index (χ2v) is 5.50. The minimum atomic E-state index is 0.203. The molecule has 0 heterocycles. The highest BCUT2D eigenvalue weighted by atomic mass is 16.5. The van der Waals surface area contributed by atoms with Gasteiger partial charge in [-0.3, -0.25) is 0 Å². The molecule has 1 fully saturated rings. The molecule has 2 unspecified atom stereocenters. The Morgan fingerprint density at radius 2 is 1.69 bits per heavy atom. The first-order chi connectivity index (χ1) is 7.39. The predicted octanol–water partition coefficient (Wildman–Crippen LogP) is 2.76. The van der Waals surface area contributed by atoms with Crippen molar-refractivity contribution in [2.75, 3.05) is 7.11 Å². The summed E-state index contributed by atoms with van der Waals surface area (Å²) < 4.78 is 5.47. The maximum atomic E-state index is 6.13. The molecule has 1 saturated carbocycles. The number of hydrogen-bond donors (Lipinski definition) is 1. The van der Waals surface area contributed by atoms with Gasteiger partial charge >= 0.3 is 0 Å². The fraction of sp³-hybridized carbons (Fsp3) is 0.571. The summed E-state index contributed by atoms with van der Waals surface area (Å²) in [6.45, 7) is 8.69. The number of methoxy groups -OCH3 is 1. The van der Waals surface area contributed by atoms with Crippen LogP contribution in [-0.4, -0.2) is 13.2 Å². The third kappa shape index (κ3) is 1.52. The first-order valence-corrected chi connectivity index (χ1v) is 5.80. The maximum Gasteiger partial charge on any atom is 0.122 e. The molecular weight excluding hydrogens is 198 g/mol. The summed E-state index contributed by atoms with van der Waals surface area (Å²) in [5.74, 6) is 1.41. The second-order valence-electron chi connectivity index (χ2n) is 5.50. The molecule has 0 bridgehead atoms. The van der Waals surface area contributed by atoms with Crippen LogP contribution in [0.15, 0.2) is 12.1 Å². The van der Waals surface area contributed by atoms with Crippen LogP contribution >= 0.6 is 0 Å². The average Bonchev–Trinajstić information content (AvgIpc) is 2.70. The van der Waals surface area contributed by atoms with Crippen LogP contribution in [-0.2, 0) is 0 Å². The van der Waals surface area contributed by atoms with E-state index in [9.17, 15) is 0 Å². The molecule has 0 amide bonds. The summed E-state index contributed by atoms with van der Waals surface area (Å²) in [7, 11) is 1.73. The molecule has 2 heteroatoms. The zero-order valence-electron chi connectivity index (χ0n) is 10.8.